The number of nitrogens with one attached hydrogen (secondary N) is 1. The molecule has 3 rings (SSSR count). The van der Waals surface area contributed by atoms with Crippen LogP contribution in [0.1, 0.15) is 12.8 Å². The number of methoxy groups -OCH3 is 1. The molecule has 1 fully saturated rings. The van der Waals surface area contributed by atoms with Crippen molar-refractivity contribution in [3.05, 3.63) is 48.4 Å². The number of carbonyl (C=O) groups excluding carboxylic acids is 1. The molecule has 0 radical (unpaired) electrons. The fourth-order valence-corrected chi connectivity index (χ4v) is 2.85. The Balaban J connectivity index is 1.75. The minimum absolute atomic E-state index is 0.0510. The first-order chi connectivity index (χ1) is 12.2. The summed E-state index contributed by atoms with van der Waals surface area (Å²) in [6.45, 7) is 1.17. The summed E-state index contributed by atoms with van der Waals surface area (Å²) in [5, 5.41) is 2.80. The first-order valence-electron chi connectivity index (χ1n) is 8.13. The van der Waals surface area contributed by atoms with Gasteiger partial charge in [-0.15, -0.1) is 0 Å². The van der Waals surface area contributed by atoms with Crippen molar-refractivity contribution in [2.45, 2.75) is 18.9 Å². The maximum atomic E-state index is 13.8. The Morgan fingerprint density at radius 3 is 3.00 bits per heavy atom. The van der Waals surface area contributed by atoms with Crippen LogP contribution in [0.2, 0.25) is 0 Å². The van der Waals surface area contributed by atoms with Gasteiger partial charge >= 0.3 is 6.03 Å². The minimum atomic E-state index is -0.495. The van der Waals surface area contributed by atoms with Gasteiger partial charge in [-0.1, -0.05) is 12.1 Å². The largest absolute Gasteiger partial charge is 0.434 e. The van der Waals surface area contributed by atoms with E-state index < -0.39 is 5.82 Å². The maximum absolute atomic E-state index is 13.8. The lowest BCUT2D eigenvalue weighted by Crippen LogP contribution is -2.40. The number of carbonyl (C=O) groups is 1. The van der Waals surface area contributed by atoms with Gasteiger partial charge in [0, 0.05) is 19.9 Å². The molecule has 2 amide bonds. The number of aromatic nitrogens is 1. The molecule has 132 valence electrons. The number of hydrogen-bond donors (Lipinski definition) is 1. The van der Waals surface area contributed by atoms with E-state index in [4.69, 9.17) is 9.47 Å². The Kier molecular flexibility index (Phi) is 5.45. The van der Waals surface area contributed by atoms with Gasteiger partial charge in [-0.2, -0.15) is 0 Å². The highest BCUT2D eigenvalue weighted by atomic mass is 19.1. The predicted octanol–water partition coefficient (Wildman–Crippen LogP) is 3.66. The Hall–Kier alpha value is -2.67. The van der Waals surface area contributed by atoms with Crippen LogP contribution in [-0.4, -0.2) is 42.2 Å². The van der Waals surface area contributed by atoms with Gasteiger partial charge in [0.1, 0.15) is 5.69 Å². The Morgan fingerprint density at radius 1 is 1.36 bits per heavy atom. The highest BCUT2D eigenvalue weighted by molar-refractivity contribution is 5.91. The van der Waals surface area contributed by atoms with Gasteiger partial charge in [-0.05, 0) is 37.1 Å². The molecule has 25 heavy (non-hydrogen) atoms. The van der Waals surface area contributed by atoms with Crippen LogP contribution in [0.4, 0.5) is 14.9 Å². The van der Waals surface area contributed by atoms with Crippen molar-refractivity contribution in [3.8, 4) is 11.6 Å². The van der Waals surface area contributed by atoms with Gasteiger partial charge in [0.25, 0.3) is 0 Å². The van der Waals surface area contributed by atoms with Crippen molar-refractivity contribution >= 4 is 11.7 Å². The van der Waals surface area contributed by atoms with Gasteiger partial charge in [-0.25, -0.2) is 14.2 Å². The van der Waals surface area contributed by atoms with Gasteiger partial charge in [0.2, 0.25) is 5.88 Å². The lowest BCUT2D eigenvalue weighted by atomic mass is 10.2. The maximum Gasteiger partial charge on any atom is 0.322 e. The van der Waals surface area contributed by atoms with Crippen molar-refractivity contribution in [1.29, 1.82) is 0 Å². The van der Waals surface area contributed by atoms with Crippen LogP contribution >= 0.6 is 0 Å². The van der Waals surface area contributed by atoms with Crippen molar-refractivity contribution in [1.82, 2.24) is 9.88 Å². The molecule has 1 aliphatic heterocycles. The molecule has 2 heterocycles. The van der Waals surface area contributed by atoms with Gasteiger partial charge < -0.3 is 19.7 Å². The molecule has 1 aromatic carbocycles. The van der Waals surface area contributed by atoms with Crippen LogP contribution in [-0.2, 0) is 4.74 Å². The van der Waals surface area contributed by atoms with Crippen LogP contribution in [0, 0.1) is 5.82 Å². The second-order valence-electron chi connectivity index (χ2n) is 5.76. The lowest BCUT2D eigenvalue weighted by molar-refractivity contribution is 0.128. The van der Waals surface area contributed by atoms with E-state index in [1.54, 1.807) is 36.3 Å². The number of benzene rings is 1. The van der Waals surface area contributed by atoms with Crippen LogP contribution in [0.5, 0.6) is 11.6 Å². The van der Waals surface area contributed by atoms with E-state index >= 15 is 0 Å². The van der Waals surface area contributed by atoms with Crippen LogP contribution in [0.3, 0.4) is 0 Å². The van der Waals surface area contributed by atoms with E-state index in [0.29, 0.717) is 18.8 Å². The first-order valence-corrected chi connectivity index (χ1v) is 8.13. The summed E-state index contributed by atoms with van der Waals surface area (Å²) in [4.78, 5) is 18.4. The quantitative estimate of drug-likeness (QED) is 0.898. The number of nitrogens with zero attached hydrogens (tertiary/aromatic N) is 2. The third-order valence-electron chi connectivity index (χ3n) is 4.05. The molecule has 0 saturated carbocycles. The van der Waals surface area contributed by atoms with E-state index in [2.05, 4.69) is 10.3 Å². The molecule has 1 aliphatic rings. The second kappa shape index (κ2) is 7.94. The first kappa shape index (κ1) is 17.2. The van der Waals surface area contributed by atoms with Crippen molar-refractivity contribution in [2.75, 3.05) is 25.6 Å². The molecule has 1 aromatic heterocycles. The zero-order valence-corrected chi connectivity index (χ0v) is 13.9. The number of rotatable bonds is 5. The molecule has 6 nitrogen and oxygen atoms in total. The van der Waals surface area contributed by atoms with Crippen molar-refractivity contribution < 1.29 is 18.7 Å². The average molecular weight is 345 g/mol. The number of anilines is 1. The predicted molar refractivity (Wildman–Crippen MR) is 91.3 cm³/mol. The number of pyridine rings is 1. The molecule has 1 atom stereocenters. The number of ether oxygens (including phenoxy) is 2. The van der Waals surface area contributed by atoms with Crippen molar-refractivity contribution in [3.63, 3.8) is 0 Å². The number of para-hydroxylation sites is 1. The normalized spacial score (nSPS) is 16.7. The third kappa shape index (κ3) is 4.06. The number of likely N-dealkylation sites (tertiary alicyclic amines) is 1. The second-order valence-corrected chi connectivity index (χ2v) is 5.76. The molecule has 0 bridgehead atoms. The smallest absolute Gasteiger partial charge is 0.322 e. The molecular weight excluding hydrogens is 325 g/mol. The fraction of sp³-hybridized carbons (Fsp3) is 0.333. The molecule has 7 heteroatoms. The standard InChI is InChI=1S/C18H20FN3O3/c1-24-12-13-6-5-11-22(13)18(23)21-15-8-4-10-20-17(15)25-16-9-3-2-7-14(16)19/h2-4,7-10,13H,5-6,11-12H2,1H3,(H,21,23)/t13-/m0/s1. The van der Waals surface area contributed by atoms with E-state index in [9.17, 15) is 9.18 Å². The molecule has 0 unspecified atom stereocenters. The topological polar surface area (TPSA) is 63.7 Å². The Bertz CT molecular complexity index is 741. The number of urea groups is 1. The zero-order chi connectivity index (χ0) is 17.6. The van der Waals surface area contributed by atoms with Crippen molar-refractivity contribution in [2.24, 2.45) is 0 Å². The summed E-state index contributed by atoms with van der Waals surface area (Å²) in [7, 11) is 1.62. The molecule has 0 spiro atoms. The molecule has 0 aliphatic carbocycles. The van der Waals surface area contributed by atoms with E-state index in [1.807, 2.05) is 0 Å². The van der Waals surface area contributed by atoms with Gasteiger partial charge in [0.15, 0.2) is 11.6 Å². The third-order valence-corrected chi connectivity index (χ3v) is 4.05. The van der Waals surface area contributed by atoms with Crippen LogP contribution < -0.4 is 10.1 Å². The summed E-state index contributed by atoms with van der Waals surface area (Å²) in [6.07, 6.45) is 3.37. The van der Waals surface area contributed by atoms with E-state index in [-0.39, 0.29) is 23.7 Å². The Labute approximate surface area is 145 Å². The number of hydrogen-bond acceptors (Lipinski definition) is 4. The molecule has 1 N–H and O–H groups in total. The summed E-state index contributed by atoms with van der Waals surface area (Å²) in [5.74, 6) is -0.302. The summed E-state index contributed by atoms with van der Waals surface area (Å²) in [6, 6.07) is 9.21. The minimum Gasteiger partial charge on any atom is -0.434 e. The van der Waals surface area contributed by atoms with Gasteiger partial charge in [0.05, 0.1) is 12.6 Å². The fourth-order valence-electron chi connectivity index (χ4n) is 2.85. The molecular formula is C18H20FN3O3. The average Bonchev–Trinajstić information content (AvgIpc) is 3.07. The SMILES string of the molecule is COC[C@@H]1CCCN1C(=O)Nc1cccnc1Oc1ccccc1F. The summed E-state index contributed by atoms with van der Waals surface area (Å²) in [5.41, 5.74) is 0.388. The Morgan fingerprint density at radius 2 is 2.20 bits per heavy atom. The highest BCUT2D eigenvalue weighted by Gasteiger charge is 2.29. The van der Waals surface area contributed by atoms with Gasteiger partial charge in [-0.3, -0.25) is 0 Å². The molecule has 2 aromatic rings. The van der Waals surface area contributed by atoms with Crippen LogP contribution in [0.15, 0.2) is 42.6 Å². The summed E-state index contributed by atoms with van der Waals surface area (Å²) >= 11 is 0. The number of halogens is 1. The monoisotopic (exact) mass is 345 g/mol. The van der Waals surface area contributed by atoms with E-state index in [1.165, 1.54) is 18.3 Å². The zero-order valence-electron chi connectivity index (χ0n) is 13.9. The lowest BCUT2D eigenvalue weighted by Gasteiger charge is -2.24. The summed E-state index contributed by atoms with van der Waals surface area (Å²) < 4.78 is 24.5. The van der Waals surface area contributed by atoms with Crippen LogP contribution in [0.25, 0.3) is 0 Å². The number of amides is 2. The highest BCUT2D eigenvalue weighted by Crippen LogP contribution is 2.29. The molecule has 1 saturated heterocycles. The van der Waals surface area contributed by atoms with E-state index in [0.717, 1.165) is 12.8 Å².